The van der Waals surface area contributed by atoms with E-state index in [1.807, 2.05) is 0 Å². The first-order valence-electron chi connectivity index (χ1n) is 7.63. The summed E-state index contributed by atoms with van der Waals surface area (Å²) >= 11 is 0. The van der Waals surface area contributed by atoms with Crippen LogP contribution in [-0.2, 0) is 0 Å². The second-order valence-electron chi connectivity index (χ2n) is 6.09. The molecule has 2 heteroatoms. The third-order valence-electron chi connectivity index (χ3n) is 4.52. The molecule has 2 aromatic rings. The lowest BCUT2D eigenvalue weighted by Gasteiger charge is -2.23. The van der Waals surface area contributed by atoms with Crippen molar-refractivity contribution in [3.05, 3.63) is 45.5 Å². The number of benzene rings is 2. The molecule has 0 aliphatic rings. The van der Waals surface area contributed by atoms with Crippen LogP contribution in [0.2, 0.25) is 0 Å². The quantitative estimate of drug-likeness (QED) is 0.773. The van der Waals surface area contributed by atoms with Gasteiger partial charge in [-0.1, -0.05) is 17.7 Å². The van der Waals surface area contributed by atoms with Crippen LogP contribution in [0.5, 0.6) is 11.5 Å². The van der Waals surface area contributed by atoms with Gasteiger partial charge in [-0.25, -0.2) is 0 Å². The molecule has 0 amide bonds. The molecule has 0 fully saturated rings. The first-order valence-corrected chi connectivity index (χ1v) is 7.63. The van der Waals surface area contributed by atoms with Crippen LogP contribution in [0, 0.1) is 41.5 Å². The zero-order chi connectivity index (χ0) is 16.6. The minimum atomic E-state index is 0.950. The van der Waals surface area contributed by atoms with E-state index in [-0.39, 0.29) is 0 Å². The summed E-state index contributed by atoms with van der Waals surface area (Å²) in [5, 5.41) is 0. The Morgan fingerprint density at radius 3 is 1.50 bits per heavy atom. The van der Waals surface area contributed by atoms with Crippen molar-refractivity contribution in [1.29, 1.82) is 0 Å². The minimum absolute atomic E-state index is 0.950. The highest BCUT2D eigenvalue weighted by Gasteiger charge is 2.22. The van der Waals surface area contributed by atoms with E-state index < -0.39 is 0 Å². The minimum Gasteiger partial charge on any atom is -0.496 e. The lowest BCUT2D eigenvalue weighted by molar-refractivity contribution is 0.396. The maximum absolute atomic E-state index is 5.78. The van der Waals surface area contributed by atoms with Crippen LogP contribution in [0.1, 0.15) is 33.4 Å². The van der Waals surface area contributed by atoms with Gasteiger partial charge in [0.2, 0.25) is 0 Å². The molecule has 0 bridgehead atoms. The molecule has 0 radical (unpaired) electrons. The molecular formula is C20H26O2. The van der Waals surface area contributed by atoms with Gasteiger partial charge in [0.15, 0.2) is 0 Å². The van der Waals surface area contributed by atoms with Crippen LogP contribution >= 0.6 is 0 Å². The number of aryl methyl sites for hydroxylation is 3. The van der Waals surface area contributed by atoms with Crippen LogP contribution in [0.3, 0.4) is 0 Å². The molecule has 0 saturated carbocycles. The summed E-state index contributed by atoms with van der Waals surface area (Å²) in [5.41, 5.74) is 9.64. The fourth-order valence-corrected chi connectivity index (χ4v) is 3.53. The molecule has 0 saturated heterocycles. The van der Waals surface area contributed by atoms with E-state index >= 15 is 0 Å². The van der Waals surface area contributed by atoms with Crippen molar-refractivity contribution in [2.45, 2.75) is 41.5 Å². The van der Waals surface area contributed by atoms with Gasteiger partial charge in [-0.3, -0.25) is 0 Å². The lowest BCUT2D eigenvalue weighted by Crippen LogP contribution is -2.03. The van der Waals surface area contributed by atoms with Crippen molar-refractivity contribution < 1.29 is 9.47 Å². The number of hydrogen-bond donors (Lipinski definition) is 0. The molecule has 2 rings (SSSR count). The van der Waals surface area contributed by atoms with Crippen molar-refractivity contribution in [2.75, 3.05) is 14.2 Å². The molecule has 0 atom stereocenters. The van der Waals surface area contributed by atoms with Crippen molar-refractivity contribution in [2.24, 2.45) is 0 Å². The monoisotopic (exact) mass is 298 g/mol. The SMILES string of the molecule is COc1c(C)c(C)c(OC)c(-c2c(C)cc(C)cc2C)c1C. The molecule has 2 nitrogen and oxygen atoms in total. The summed E-state index contributed by atoms with van der Waals surface area (Å²) in [7, 11) is 3.48. The first kappa shape index (κ1) is 16.4. The summed E-state index contributed by atoms with van der Waals surface area (Å²) in [6, 6.07) is 4.45. The van der Waals surface area contributed by atoms with Gasteiger partial charge in [0.25, 0.3) is 0 Å². The van der Waals surface area contributed by atoms with Crippen LogP contribution in [0.25, 0.3) is 11.1 Å². The Morgan fingerprint density at radius 1 is 0.591 bits per heavy atom. The van der Waals surface area contributed by atoms with Crippen molar-refractivity contribution in [3.8, 4) is 22.6 Å². The average Bonchev–Trinajstić information content (AvgIpc) is 2.44. The number of hydrogen-bond acceptors (Lipinski definition) is 2. The highest BCUT2D eigenvalue weighted by atomic mass is 16.5. The molecule has 0 aromatic heterocycles. The molecule has 2 aromatic carbocycles. The average molecular weight is 298 g/mol. The summed E-state index contributed by atoms with van der Waals surface area (Å²) < 4.78 is 11.4. The Bertz CT molecular complexity index is 704. The highest BCUT2D eigenvalue weighted by molar-refractivity contribution is 5.83. The zero-order valence-electron chi connectivity index (χ0n) is 15.0. The Labute approximate surface area is 134 Å². The fourth-order valence-electron chi connectivity index (χ4n) is 3.53. The number of methoxy groups -OCH3 is 2. The lowest BCUT2D eigenvalue weighted by atomic mass is 9.87. The Hall–Kier alpha value is -1.96. The number of rotatable bonds is 3. The van der Waals surface area contributed by atoms with Gasteiger partial charge >= 0.3 is 0 Å². The Kier molecular flexibility index (Phi) is 4.50. The summed E-state index contributed by atoms with van der Waals surface area (Å²) in [6.07, 6.45) is 0. The smallest absolute Gasteiger partial charge is 0.130 e. The van der Waals surface area contributed by atoms with E-state index in [1.54, 1.807) is 14.2 Å². The first-order chi connectivity index (χ1) is 10.3. The second kappa shape index (κ2) is 6.04. The molecule has 118 valence electrons. The van der Waals surface area contributed by atoms with Gasteiger partial charge < -0.3 is 9.47 Å². The Balaban J connectivity index is 2.95. The Morgan fingerprint density at radius 2 is 1.05 bits per heavy atom. The summed E-state index contributed by atoms with van der Waals surface area (Å²) in [6.45, 7) is 12.8. The molecule has 0 N–H and O–H groups in total. The number of ether oxygens (including phenoxy) is 2. The van der Waals surface area contributed by atoms with Gasteiger partial charge in [0, 0.05) is 11.1 Å². The normalized spacial score (nSPS) is 10.7. The molecule has 0 unspecified atom stereocenters. The molecule has 22 heavy (non-hydrogen) atoms. The van der Waals surface area contributed by atoms with E-state index in [0.717, 1.165) is 33.8 Å². The predicted molar refractivity (Wildman–Crippen MR) is 93.4 cm³/mol. The largest absolute Gasteiger partial charge is 0.496 e. The van der Waals surface area contributed by atoms with Gasteiger partial charge in [-0.2, -0.15) is 0 Å². The summed E-state index contributed by atoms with van der Waals surface area (Å²) in [4.78, 5) is 0. The topological polar surface area (TPSA) is 18.5 Å². The molecular weight excluding hydrogens is 272 g/mol. The maximum Gasteiger partial charge on any atom is 0.130 e. The van der Waals surface area contributed by atoms with Crippen LogP contribution in [0.4, 0.5) is 0 Å². The third kappa shape index (κ3) is 2.47. The van der Waals surface area contributed by atoms with E-state index in [9.17, 15) is 0 Å². The standard InChI is InChI=1S/C20H26O2/c1-11-9-12(2)17(13(3)10-11)18-16(6)19(21-7)14(4)15(5)20(18)22-8/h9-10H,1-8H3. The van der Waals surface area contributed by atoms with Crippen molar-refractivity contribution in [3.63, 3.8) is 0 Å². The maximum atomic E-state index is 5.78. The van der Waals surface area contributed by atoms with E-state index in [2.05, 4.69) is 53.7 Å². The van der Waals surface area contributed by atoms with E-state index in [0.29, 0.717) is 0 Å². The van der Waals surface area contributed by atoms with Crippen molar-refractivity contribution >= 4 is 0 Å². The zero-order valence-corrected chi connectivity index (χ0v) is 15.0. The second-order valence-corrected chi connectivity index (χ2v) is 6.09. The molecule has 0 aliphatic carbocycles. The van der Waals surface area contributed by atoms with Gasteiger partial charge in [0.1, 0.15) is 11.5 Å². The predicted octanol–water partition coefficient (Wildman–Crippen LogP) is 5.22. The van der Waals surface area contributed by atoms with Gasteiger partial charge in [-0.15, -0.1) is 0 Å². The van der Waals surface area contributed by atoms with E-state index in [4.69, 9.17) is 9.47 Å². The third-order valence-corrected chi connectivity index (χ3v) is 4.52. The van der Waals surface area contributed by atoms with Gasteiger partial charge in [-0.05, 0) is 69.4 Å². The fraction of sp³-hybridized carbons (Fsp3) is 0.400. The molecule has 0 heterocycles. The van der Waals surface area contributed by atoms with E-state index in [1.165, 1.54) is 22.3 Å². The van der Waals surface area contributed by atoms with Crippen LogP contribution < -0.4 is 9.47 Å². The van der Waals surface area contributed by atoms with Crippen LogP contribution in [0.15, 0.2) is 12.1 Å². The summed E-state index contributed by atoms with van der Waals surface area (Å²) in [5.74, 6) is 1.90. The van der Waals surface area contributed by atoms with Gasteiger partial charge in [0.05, 0.1) is 14.2 Å². The molecule has 0 spiro atoms. The van der Waals surface area contributed by atoms with Crippen molar-refractivity contribution in [1.82, 2.24) is 0 Å². The highest BCUT2D eigenvalue weighted by Crippen LogP contribution is 2.45. The van der Waals surface area contributed by atoms with Crippen LogP contribution in [-0.4, -0.2) is 14.2 Å². The molecule has 0 aliphatic heterocycles.